The molecule has 0 bridgehead atoms. The first-order chi connectivity index (χ1) is 13.9. The highest BCUT2D eigenvalue weighted by Crippen LogP contribution is 2.43. The molecule has 0 atom stereocenters. The van der Waals surface area contributed by atoms with Gasteiger partial charge in [0.15, 0.2) is 11.5 Å². The summed E-state index contributed by atoms with van der Waals surface area (Å²) in [5.74, 6) is 1.43. The zero-order valence-electron chi connectivity index (χ0n) is 17.1. The van der Waals surface area contributed by atoms with E-state index in [0.717, 1.165) is 22.7 Å². The van der Waals surface area contributed by atoms with Crippen LogP contribution in [0.2, 0.25) is 5.02 Å². The number of nitrogens with zero attached hydrogens (tertiary/aromatic N) is 2. The van der Waals surface area contributed by atoms with Gasteiger partial charge in [-0.3, -0.25) is 0 Å². The predicted molar refractivity (Wildman–Crippen MR) is 120 cm³/mol. The molecule has 150 valence electrons. The first-order valence-electron chi connectivity index (χ1n) is 9.57. The fraction of sp³-hybridized carbons (Fsp3) is 0.250. The third-order valence-electron chi connectivity index (χ3n) is 5.29. The molecule has 0 unspecified atom stereocenters. The summed E-state index contributed by atoms with van der Waals surface area (Å²) in [7, 11) is 8.17. The van der Waals surface area contributed by atoms with E-state index in [0.29, 0.717) is 10.8 Å². The molecule has 0 spiro atoms. The molecule has 29 heavy (non-hydrogen) atoms. The Balaban J connectivity index is 1.83. The van der Waals surface area contributed by atoms with Gasteiger partial charge in [-0.15, -0.1) is 0 Å². The van der Waals surface area contributed by atoms with Gasteiger partial charge in [0.1, 0.15) is 0 Å². The molecule has 0 N–H and O–H groups in total. The van der Waals surface area contributed by atoms with Gasteiger partial charge in [-0.2, -0.15) is 0 Å². The maximum Gasteiger partial charge on any atom is 0.231 e. The third-order valence-corrected chi connectivity index (χ3v) is 5.62. The van der Waals surface area contributed by atoms with Gasteiger partial charge in [-0.25, -0.2) is 0 Å². The van der Waals surface area contributed by atoms with Crippen LogP contribution in [0.15, 0.2) is 60.7 Å². The minimum Gasteiger partial charge on any atom is -0.454 e. The molecule has 4 rings (SSSR count). The SMILES string of the molecule is CN(C)c1ccc(C(c2ccc(N(C)C)cc2)c2cc3c(cc2Cl)OCO3)cc1. The Kier molecular flexibility index (Phi) is 5.29. The van der Waals surface area contributed by atoms with Gasteiger partial charge in [-0.1, -0.05) is 35.9 Å². The first kappa shape index (κ1) is 19.5. The normalized spacial score (nSPS) is 12.3. The lowest BCUT2D eigenvalue weighted by molar-refractivity contribution is 0.174. The van der Waals surface area contributed by atoms with Crippen LogP contribution in [-0.4, -0.2) is 35.0 Å². The van der Waals surface area contributed by atoms with Gasteiger partial charge in [0, 0.05) is 56.6 Å². The van der Waals surface area contributed by atoms with E-state index >= 15 is 0 Å². The quantitative estimate of drug-likeness (QED) is 0.529. The van der Waals surface area contributed by atoms with Crippen molar-refractivity contribution in [1.29, 1.82) is 0 Å². The van der Waals surface area contributed by atoms with Gasteiger partial charge in [-0.05, 0) is 47.0 Å². The lowest BCUT2D eigenvalue weighted by Crippen LogP contribution is -2.10. The summed E-state index contributed by atoms with van der Waals surface area (Å²) < 4.78 is 11.1. The van der Waals surface area contributed by atoms with Crippen molar-refractivity contribution in [2.75, 3.05) is 44.8 Å². The molecule has 0 aliphatic carbocycles. The zero-order chi connectivity index (χ0) is 20.5. The van der Waals surface area contributed by atoms with Crippen LogP contribution in [-0.2, 0) is 0 Å². The summed E-state index contributed by atoms with van der Waals surface area (Å²) >= 11 is 6.71. The average molecular weight is 409 g/mol. The second-order valence-electron chi connectivity index (χ2n) is 7.63. The van der Waals surface area contributed by atoms with Crippen molar-refractivity contribution in [2.45, 2.75) is 5.92 Å². The maximum atomic E-state index is 6.71. The van der Waals surface area contributed by atoms with Crippen LogP contribution >= 0.6 is 11.6 Å². The van der Waals surface area contributed by atoms with E-state index in [1.165, 1.54) is 11.1 Å². The number of halogens is 1. The molecule has 0 radical (unpaired) electrons. The molecular weight excluding hydrogens is 384 g/mol. The van der Waals surface area contributed by atoms with Crippen molar-refractivity contribution >= 4 is 23.0 Å². The highest BCUT2D eigenvalue weighted by Gasteiger charge is 2.24. The summed E-state index contributed by atoms with van der Waals surface area (Å²) in [5, 5.41) is 0.674. The smallest absolute Gasteiger partial charge is 0.231 e. The van der Waals surface area contributed by atoms with E-state index in [4.69, 9.17) is 21.1 Å². The minimum absolute atomic E-state index is 0.00979. The van der Waals surface area contributed by atoms with Crippen molar-refractivity contribution in [3.63, 3.8) is 0 Å². The third kappa shape index (κ3) is 3.85. The van der Waals surface area contributed by atoms with E-state index in [1.807, 2.05) is 40.3 Å². The fourth-order valence-electron chi connectivity index (χ4n) is 3.64. The fourth-order valence-corrected chi connectivity index (χ4v) is 3.90. The molecule has 0 fully saturated rings. The van der Waals surface area contributed by atoms with E-state index in [1.54, 1.807) is 0 Å². The molecule has 1 heterocycles. The molecular formula is C24H25ClN2O2. The Morgan fingerprint density at radius 3 is 1.62 bits per heavy atom. The standard InChI is InChI=1S/C24H25ClN2O2/c1-26(2)18-9-5-16(6-10-18)24(17-7-11-19(12-8-17)27(3)4)20-13-22-23(14-21(20)25)29-15-28-22/h5-14,24H,15H2,1-4H3. The Morgan fingerprint density at radius 1 is 0.724 bits per heavy atom. The number of hydrogen-bond acceptors (Lipinski definition) is 4. The number of ether oxygens (including phenoxy) is 2. The van der Waals surface area contributed by atoms with Gasteiger partial charge < -0.3 is 19.3 Å². The van der Waals surface area contributed by atoms with Crippen molar-refractivity contribution in [3.8, 4) is 11.5 Å². The van der Waals surface area contributed by atoms with E-state index in [-0.39, 0.29) is 12.7 Å². The van der Waals surface area contributed by atoms with Crippen molar-refractivity contribution in [2.24, 2.45) is 0 Å². The number of rotatable bonds is 5. The Hall–Kier alpha value is -2.85. The van der Waals surface area contributed by atoms with Gasteiger partial charge in [0.2, 0.25) is 6.79 Å². The van der Waals surface area contributed by atoms with Gasteiger partial charge in [0.05, 0.1) is 0 Å². The van der Waals surface area contributed by atoms with Crippen LogP contribution in [0.25, 0.3) is 0 Å². The van der Waals surface area contributed by atoms with E-state index < -0.39 is 0 Å². The predicted octanol–water partition coefficient (Wildman–Crippen LogP) is 5.38. The topological polar surface area (TPSA) is 24.9 Å². The summed E-state index contributed by atoms with van der Waals surface area (Å²) in [5.41, 5.74) is 5.67. The molecule has 5 heteroatoms. The lowest BCUT2D eigenvalue weighted by Gasteiger charge is -2.22. The molecule has 0 saturated carbocycles. The lowest BCUT2D eigenvalue weighted by atomic mass is 9.84. The van der Waals surface area contributed by atoms with Crippen LogP contribution in [0, 0.1) is 0 Å². The number of hydrogen-bond donors (Lipinski definition) is 0. The van der Waals surface area contributed by atoms with E-state index in [2.05, 4.69) is 58.3 Å². The van der Waals surface area contributed by atoms with E-state index in [9.17, 15) is 0 Å². The Bertz CT molecular complexity index is 947. The second kappa shape index (κ2) is 7.88. The monoisotopic (exact) mass is 408 g/mol. The van der Waals surface area contributed by atoms with Gasteiger partial charge in [0.25, 0.3) is 0 Å². The number of fused-ring (bicyclic) bond motifs is 1. The minimum atomic E-state index is -0.00979. The molecule has 0 saturated heterocycles. The van der Waals surface area contributed by atoms with Crippen molar-refractivity contribution < 1.29 is 9.47 Å². The molecule has 1 aliphatic heterocycles. The van der Waals surface area contributed by atoms with Crippen LogP contribution in [0.1, 0.15) is 22.6 Å². The zero-order valence-corrected chi connectivity index (χ0v) is 17.9. The van der Waals surface area contributed by atoms with Crippen LogP contribution < -0.4 is 19.3 Å². The molecule has 1 aliphatic rings. The van der Waals surface area contributed by atoms with Crippen molar-refractivity contribution in [3.05, 3.63) is 82.4 Å². The number of anilines is 2. The molecule has 3 aromatic carbocycles. The highest BCUT2D eigenvalue weighted by molar-refractivity contribution is 6.31. The van der Waals surface area contributed by atoms with Gasteiger partial charge >= 0.3 is 0 Å². The summed E-state index contributed by atoms with van der Waals surface area (Å²) in [6.07, 6.45) is 0. The van der Waals surface area contributed by atoms with Crippen molar-refractivity contribution in [1.82, 2.24) is 0 Å². The van der Waals surface area contributed by atoms with Crippen LogP contribution in [0.3, 0.4) is 0 Å². The summed E-state index contributed by atoms with van der Waals surface area (Å²) in [4.78, 5) is 4.19. The largest absolute Gasteiger partial charge is 0.454 e. The Labute approximate surface area is 177 Å². The number of benzene rings is 3. The summed E-state index contributed by atoms with van der Waals surface area (Å²) in [6, 6.07) is 21.1. The second-order valence-corrected chi connectivity index (χ2v) is 8.04. The molecule has 4 nitrogen and oxygen atoms in total. The van der Waals surface area contributed by atoms with Crippen LogP contribution in [0.5, 0.6) is 11.5 Å². The maximum absolute atomic E-state index is 6.71. The molecule has 0 amide bonds. The first-order valence-corrected chi connectivity index (χ1v) is 9.95. The Morgan fingerprint density at radius 2 is 1.17 bits per heavy atom. The highest BCUT2D eigenvalue weighted by atomic mass is 35.5. The van der Waals surface area contributed by atoms with Crippen LogP contribution in [0.4, 0.5) is 11.4 Å². The summed E-state index contributed by atoms with van der Waals surface area (Å²) in [6.45, 7) is 0.231. The molecule has 3 aromatic rings. The average Bonchev–Trinajstić information content (AvgIpc) is 3.16. The molecule has 0 aromatic heterocycles.